The summed E-state index contributed by atoms with van der Waals surface area (Å²) in [5, 5.41) is 11.6. The molecule has 1 aromatic heterocycles. The highest BCUT2D eigenvalue weighted by atomic mass is 16.5. The SMILES string of the molecule is CCOc1ccccc1[C@H](C(=O)NC(C)(C)CC)N(CCN1CCOCC1)C(=O)Cn1nnc2ccccc21. The lowest BCUT2D eigenvalue weighted by atomic mass is 9.98. The molecule has 1 aliphatic rings. The molecule has 10 heteroatoms. The average Bonchev–Trinajstić information content (AvgIpc) is 3.34. The maximum Gasteiger partial charge on any atom is 0.248 e. The molecule has 10 nitrogen and oxygen atoms in total. The van der Waals surface area contributed by atoms with Crippen LogP contribution < -0.4 is 10.1 Å². The van der Waals surface area contributed by atoms with Crippen LogP contribution in [0.5, 0.6) is 5.75 Å². The van der Waals surface area contributed by atoms with Crippen molar-refractivity contribution in [1.29, 1.82) is 0 Å². The van der Waals surface area contributed by atoms with E-state index < -0.39 is 11.6 Å². The Labute approximate surface area is 230 Å². The van der Waals surface area contributed by atoms with Crippen molar-refractivity contribution in [1.82, 2.24) is 30.1 Å². The summed E-state index contributed by atoms with van der Waals surface area (Å²) in [5.74, 6) is 0.122. The Hall–Kier alpha value is -3.50. The second-order valence-corrected chi connectivity index (χ2v) is 10.4. The van der Waals surface area contributed by atoms with Gasteiger partial charge in [-0.2, -0.15) is 0 Å². The fourth-order valence-corrected chi connectivity index (χ4v) is 4.66. The third-order valence-electron chi connectivity index (χ3n) is 7.21. The van der Waals surface area contributed by atoms with Gasteiger partial charge in [0.15, 0.2) is 0 Å². The fraction of sp³-hybridized carbons (Fsp3) is 0.517. The zero-order valence-electron chi connectivity index (χ0n) is 23.4. The molecule has 2 aromatic carbocycles. The van der Waals surface area contributed by atoms with E-state index in [1.165, 1.54) is 0 Å². The summed E-state index contributed by atoms with van der Waals surface area (Å²) in [7, 11) is 0. The number of rotatable bonds is 12. The Morgan fingerprint density at radius 2 is 1.82 bits per heavy atom. The van der Waals surface area contributed by atoms with Crippen LogP contribution in [0.1, 0.15) is 45.7 Å². The van der Waals surface area contributed by atoms with Gasteiger partial charge in [-0.1, -0.05) is 42.5 Å². The van der Waals surface area contributed by atoms with Crippen molar-refractivity contribution >= 4 is 22.8 Å². The molecule has 4 rings (SSSR count). The van der Waals surface area contributed by atoms with Gasteiger partial charge in [-0.05, 0) is 45.4 Å². The van der Waals surface area contributed by atoms with E-state index in [-0.39, 0.29) is 18.4 Å². The van der Waals surface area contributed by atoms with E-state index in [9.17, 15) is 9.59 Å². The van der Waals surface area contributed by atoms with Gasteiger partial charge in [0.25, 0.3) is 0 Å². The number of hydrogen-bond acceptors (Lipinski definition) is 7. The second-order valence-electron chi connectivity index (χ2n) is 10.4. The number of aromatic nitrogens is 3. The lowest BCUT2D eigenvalue weighted by molar-refractivity contribution is -0.142. The minimum atomic E-state index is -0.887. The molecule has 3 aromatic rings. The molecule has 39 heavy (non-hydrogen) atoms. The summed E-state index contributed by atoms with van der Waals surface area (Å²) in [5.41, 5.74) is 1.69. The number of carbonyl (C=O) groups excluding carboxylic acids is 2. The molecule has 2 heterocycles. The van der Waals surface area contributed by atoms with Crippen molar-refractivity contribution in [2.75, 3.05) is 46.0 Å². The zero-order valence-corrected chi connectivity index (χ0v) is 23.4. The van der Waals surface area contributed by atoms with Gasteiger partial charge in [0.2, 0.25) is 11.8 Å². The molecule has 0 radical (unpaired) electrons. The largest absolute Gasteiger partial charge is 0.494 e. The predicted molar refractivity (Wildman–Crippen MR) is 149 cm³/mol. The number of hydrogen-bond donors (Lipinski definition) is 1. The standard InChI is InChI=1S/C29H40N6O4/c1-5-29(3,4)30-28(37)27(22-11-7-10-14-25(22)39-6-2)34(16-15-33-17-19-38-20-18-33)26(36)21-35-24-13-9-8-12-23(24)31-32-35/h7-14,27H,5-6,15-21H2,1-4H3,(H,30,37)/t27-/m1/s1. The van der Waals surface area contributed by atoms with E-state index in [1.54, 1.807) is 9.58 Å². The number of amides is 2. The van der Waals surface area contributed by atoms with Crippen LogP contribution >= 0.6 is 0 Å². The summed E-state index contributed by atoms with van der Waals surface area (Å²) < 4.78 is 13.0. The molecule has 1 atom stereocenters. The van der Waals surface area contributed by atoms with Crippen molar-refractivity contribution in [2.45, 2.75) is 52.2 Å². The second kappa shape index (κ2) is 13.0. The van der Waals surface area contributed by atoms with Gasteiger partial charge < -0.3 is 19.7 Å². The van der Waals surface area contributed by atoms with Crippen LogP contribution in [0.15, 0.2) is 48.5 Å². The smallest absolute Gasteiger partial charge is 0.248 e. The van der Waals surface area contributed by atoms with Crippen molar-refractivity contribution in [2.24, 2.45) is 0 Å². The molecule has 0 unspecified atom stereocenters. The highest BCUT2D eigenvalue weighted by Gasteiger charge is 2.36. The number of nitrogens with zero attached hydrogens (tertiary/aromatic N) is 5. The molecule has 0 spiro atoms. The summed E-state index contributed by atoms with van der Waals surface area (Å²) in [4.78, 5) is 32.1. The minimum absolute atomic E-state index is 0.0403. The molecule has 0 aliphatic carbocycles. The fourth-order valence-electron chi connectivity index (χ4n) is 4.66. The number of para-hydroxylation sites is 2. The maximum atomic E-state index is 14.1. The Balaban J connectivity index is 1.73. The zero-order chi connectivity index (χ0) is 27.8. The van der Waals surface area contributed by atoms with Gasteiger partial charge in [-0.3, -0.25) is 14.5 Å². The van der Waals surface area contributed by atoms with Gasteiger partial charge in [0.1, 0.15) is 23.9 Å². The summed E-state index contributed by atoms with van der Waals surface area (Å²) in [6.45, 7) is 12.2. The van der Waals surface area contributed by atoms with Crippen molar-refractivity contribution in [3.8, 4) is 5.75 Å². The number of morpholine rings is 1. The molecule has 2 amide bonds. The van der Waals surface area contributed by atoms with Gasteiger partial charge in [0.05, 0.1) is 25.3 Å². The monoisotopic (exact) mass is 536 g/mol. The summed E-state index contributed by atoms with van der Waals surface area (Å²) in [6, 6.07) is 14.1. The number of benzene rings is 2. The van der Waals surface area contributed by atoms with Gasteiger partial charge in [-0.25, -0.2) is 4.68 Å². The average molecular weight is 537 g/mol. The third-order valence-corrected chi connectivity index (χ3v) is 7.21. The Kier molecular flexibility index (Phi) is 9.53. The van der Waals surface area contributed by atoms with Crippen LogP contribution in [0.3, 0.4) is 0 Å². The Morgan fingerprint density at radius 1 is 1.10 bits per heavy atom. The van der Waals surface area contributed by atoms with E-state index in [0.717, 1.165) is 25.0 Å². The first-order valence-corrected chi connectivity index (χ1v) is 13.7. The van der Waals surface area contributed by atoms with Gasteiger partial charge >= 0.3 is 0 Å². The first-order chi connectivity index (χ1) is 18.8. The van der Waals surface area contributed by atoms with E-state index in [1.807, 2.05) is 76.2 Å². The highest BCUT2D eigenvalue weighted by molar-refractivity contribution is 5.90. The predicted octanol–water partition coefficient (Wildman–Crippen LogP) is 3.04. The number of carbonyl (C=O) groups is 2. The van der Waals surface area contributed by atoms with Crippen LogP contribution in [0.25, 0.3) is 11.0 Å². The lowest BCUT2D eigenvalue weighted by Gasteiger charge is -2.36. The summed E-state index contributed by atoms with van der Waals surface area (Å²) in [6.07, 6.45) is 0.741. The third kappa shape index (κ3) is 7.13. The lowest BCUT2D eigenvalue weighted by Crippen LogP contribution is -2.52. The summed E-state index contributed by atoms with van der Waals surface area (Å²) >= 11 is 0. The van der Waals surface area contributed by atoms with Crippen molar-refractivity contribution < 1.29 is 19.1 Å². The van der Waals surface area contributed by atoms with Crippen LogP contribution in [-0.2, 0) is 20.9 Å². The van der Waals surface area contributed by atoms with Crippen molar-refractivity contribution in [3.05, 3.63) is 54.1 Å². The van der Waals surface area contributed by atoms with E-state index in [4.69, 9.17) is 9.47 Å². The topological polar surface area (TPSA) is 102 Å². The number of ether oxygens (including phenoxy) is 2. The van der Waals surface area contributed by atoms with E-state index in [2.05, 4.69) is 20.5 Å². The van der Waals surface area contributed by atoms with Crippen LogP contribution in [0.2, 0.25) is 0 Å². The maximum absolute atomic E-state index is 14.1. The van der Waals surface area contributed by atoms with E-state index >= 15 is 0 Å². The van der Waals surface area contributed by atoms with Gasteiger partial charge in [0, 0.05) is 37.3 Å². The minimum Gasteiger partial charge on any atom is -0.494 e. The van der Waals surface area contributed by atoms with Crippen LogP contribution in [-0.4, -0.2) is 88.1 Å². The number of nitrogens with one attached hydrogen (secondary N) is 1. The Bertz CT molecular complexity index is 1250. The van der Waals surface area contributed by atoms with Gasteiger partial charge in [-0.15, -0.1) is 5.10 Å². The number of fused-ring (bicyclic) bond motifs is 1. The van der Waals surface area contributed by atoms with Crippen LogP contribution in [0, 0.1) is 0 Å². The molecule has 0 saturated carbocycles. The molecule has 0 bridgehead atoms. The molecular weight excluding hydrogens is 496 g/mol. The molecule has 1 fully saturated rings. The molecular formula is C29H40N6O4. The first kappa shape index (κ1) is 28.5. The molecule has 1 saturated heterocycles. The molecule has 1 aliphatic heterocycles. The molecule has 1 N–H and O–H groups in total. The van der Waals surface area contributed by atoms with Crippen molar-refractivity contribution in [3.63, 3.8) is 0 Å². The van der Waals surface area contributed by atoms with E-state index in [0.29, 0.717) is 49.7 Å². The van der Waals surface area contributed by atoms with Crippen LogP contribution in [0.4, 0.5) is 0 Å². The first-order valence-electron chi connectivity index (χ1n) is 13.7. The quantitative estimate of drug-likeness (QED) is 0.380. The molecule has 210 valence electrons. The highest BCUT2D eigenvalue weighted by Crippen LogP contribution is 2.31. The Morgan fingerprint density at radius 3 is 2.56 bits per heavy atom. The normalized spacial score (nSPS) is 15.2.